The quantitative estimate of drug-likeness (QED) is 0.733. The fourth-order valence-electron chi connectivity index (χ4n) is 1.39. The summed E-state index contributed by atoms with van der Waals surface area (Å²) in [4.78, 5) is 7.47. The summed E-state index contributed by atoms with van der Waals surface area (Å²) in [7, 11) is 4.05. The van der Waals surface area contributed by atoms with Gasteiger partial charge in [-0.1, -0.05) is 0 Å². The van der Waals surface area contributed by atoms with Crippen LogP contribution in [0.3, 0.4) is 0 Å². The van der Waals surface area contributed by atoms with Crippen LogP contribution in [0.1, 0.15) is 12.8 Å². The maximum Gasteiger partial charge on any atom is 0.153 e. The molecule has 0 unspecified atom stereocenters. The van der Waals surface area contributed by atoms with E-state index in [9.17, 15) is 0 Å². The molecule has 1 saturated carbocycles. The molecule has 0 spiro atoms. The Balaban J connectivity index is 2.30. The van der Waals surface area contributed by atoms with Crippen molar-refractivity contribution in [1.29, 1.82) is 0 Å². The maximum absolute atomic E-state index is 5.83. The lowest BCUT2D eigenvalue weighted by Crippen LogP contribution is -2.11. The summed E-state index contributed by atoms with van der Waals surface area (Å²) < 4.78 is 5.83. The van der Waals surface area contributed by atoms with Crippen molar-refractivity contribution in [1.82, 2.24) is 4.98 Å². The number of anilines is 1. The summed E-state index contributed by atoms with van der Waals surface area (Å²) in [5.41, 5.74) is 1.13. The molecule has 0 bridgehead atoms. The highest BCUT2D eigenvalue weighted by molar-refractivity contribution is 7.98. The van der Waals surface area contributed by atoms with Crippen molar-refractivity contribution in [3.05, 3.63) is 12.4 Å². The van der Waals surface area contributed by atoms with Crippen LogP contribution in [0.5, 0.6) is 5.75 Å². The van der Waals surface area contributed by atoms with Gasteiger partial charge in [0.1, 0.15) is 0 Å². The zero-order chi connectivity index (χ0) is 10.8. The van der Waals surface area contributed by atoms with Crippen molar-refractivity contribution in [2.24, 2.45) is 0 Å². The number of pyridine rings is 1. The molecule has 0 radical (unpaired) electrons. The predicted octanol–water partition coefficient (Wildman–Crippen LogP) is 2.41. The summed E-state index contributed by atoms with van der Waals surface area (Å²) in [5, 5.41) is 0. The Morgan fingerprint density at radius 1 is 1.40 bits per heavy atom. The minimum atomic E-state index is 0.426. The monoisotopic (exact) mass is 224 g/mol. The van der Waals surface area contributed by atoms with Gasteiger partial charge in [-0.2, -0.15) is 0 Å². The first kappa shape index (κ1) is 10.6. The molecule has 0 aliphatic heterocycles. The lowest BCUT2D eigenvalue weighted by Gasteiger charge is -2.18. The third-order valence-corrected chi connectivity index (χ3v) is 3.17. The van der Waals surface area contributed by atoms with Gasteiger partial charge in [-0.15, -0.1) is 11.8 Å². The number of thioether (sulfide) groups is 1. The van der Waals surface area contributed by atoms with E-state index in [0.29, 0.717) is 6.10 Å². The minimum absolute atomic E-state index is 0.426. The minimum Gasteiger partial charge on any atom is -0.488 e. The molecule has 3 nitrogen and oxygen atoms in total. The largest absolute Gasteiger partial charge is 0.488 e. The van der Waals surface area contributed by atoms with Crippen molar-refractivity contribution < 1.29 is 4.74 Å². The van der Waals surface area contributed by atoms with Gasteiger partial charge in [0.2, 0.25) is 0 Å². The summed E-state index contributed by atoms with van der Waals surface area (Å²) >= 11 is 1.71. The first-order chi connectivity index (χ1) is 7.22. The molecule has 1 aromatic heterocycles. The maximum atomic E-state index is 5.83. The van der Waals surface area contributed by atoms with E-state index < -0.39 is 0 Å². The topological polar surface area (TPSA) is 25.4 Å². The average Bonchev–Trinajstić information content (AvgIpc) is 3.01. The molecule has 0 amide bonds. The lowest BCUT2D eigenvalue weighted by molar-refractivity contribution is 0.295. The number of ether oxygens (including phenoxy) is 1. The predicted molar refractivity (Wildman–Crippen MR) is 64.0 cm³/mol. The van der Waals surface area contributed by atoms with Crippen LogP contribution in [0.25, 0.3) is 0 Å². The first-order valence-corrected chi connectivity index (χ1v) is 6.31. The molecule has 1 aromatic rings. The standard InChI is InChI=1S/C11H16N2OS/c1-13(2)9-6-12-7-10(11(9)15-3)14-8-4-5-8/h6-8H,4-5H2,1-3H3. The number of nitrogens with zero attached hydrogens (tertiary/aromatic N) is 2. The van der Waals surface area contributed by atoms with E-state index in [1.165, 1.54) is 17.7 Å². The molecule has 2 rings (SSSR count). The van der Waals surface area contributed by atoms with E-state index in [-0.39, 0.29) is 0 Å². The molecule has 1 fully saturated rings. The fourth-order valence-corrected chi connectivity index (χ4v) is 2.14. The number of rotatable bonds is 4. The Morgan fingerprint density at radius 3 is 2.67 bits per heavy atom. The Morgan fingerprint density at radius 2 is 2.13 bits per heavy atom. The van der Waals surface area contributed by atoms with E-state index >= 15 is 0 Å². The molecule has 4 heteroatoms. The van der Waals surface area contributed by atoms with Crippen LogP contribution in [0.15, 0.2) is 17.3 Å². The van der Waals surface area contributed by atoms with Crippen molar-refractivity contribution in [3.63, 3.8) is 0 Å². The van der Waals surface area contributed by atoms with E-state index in [1.54, 1.807) is 11.8 Å². The van der Waals surface area contributed by atoms with Crippen LogP contribution in [-0.2, 0) is 0 Å². The van der Waals surface area contributed by atoms with Crippen molar-refractivity contribution >= 4 is 17.4 Å². The smallest absolute Gasteiger partial charge is 0.153 e. The molecule has 1 aliphatic rings. The van der Waals surface area contributed by atoms with E-state index in [4.69, 9.17) is 4.74 Å². The Labute approximate surface area is 94.8 Å². The highest BCUT2D eigenvalue weighted by atomic mass is 32.2. The lowest BCUT2D eigenvalue weighted by atomic mass is 10.3. The average molecular weight is 224 g/mol. The zero-order valence-corrected chi connectivity index (χ0v) is 10.2. The molecule has 1 aliphatic carbocycles. The third-order valence-electron chi connectivity index (χ3n) is 2.35. The Kier molecular flexibility index (Phi) is 3.05. The van der Waals surface area contributed by atoms with Crippen LogP contribution >= 0.6 is 11.8 Å². The number of hydrogen-bond donors (Lipinski definition) is 0. The van der Waals surface area contributed by atoms with Gasteiger partial charge >= 0.3 is 0 Å². The Hall–Kier alpha value is -0.900. The summed E-state index contributed by atoms with van der Waals surface area (Å²) in [6, 6.07) is 0. The van der Waals surface area contributed by atoms with E-state index in [1.807, 2.05) is 26.5 Å². The van der Waals surface area contributed by atoms with Crippen LogP contribution in [0.4, 0.5) is 5.69 Å². The zero-order valence-electron chi connectivity index (χ0n) is 9.36. The molecular formula is C11H16N2OS. The second-order valence-electron chi connectivity index (χ2n) is 3.90. The van der Waals surface area contributed by atoms with Crippen LogP contribution in [-0.4, -0.2) is 31.4 Å². The summed E-state index contributed by atoms with van der Waals surface area (Å²) in [6.07, 6.45) is 8.56. The molecule has 1 heterocycles. The van der Waals surface area contributed by atoms with E-state index in [0.717, 1.165) is 11.4 Å². The normalized spacial score (nSPS) is 15.1. The molecule has 15 heavy (non-hydrogen) atoms. The Bertz CT molecular complexity index is 350. The fraction of sp³-hybridized carbons (Fsp3) is 0.545. The SMILES string of the molecule is CSc1c(OC2CC2)cncc1N(C)C. The van der Waals surface area contributed by atoms with Crippen molar-refractivity contribution in [2.45, 2.75) is 23.8 Å². The molecule has 0 N–H and O–H groups in total. The second kappa shape index (κ2) is 4.31. The molecule has 0 aromatic carbocycles. The van der Waals surface area contributed by atoms with Crippen LogP contribution in [0, 0.1) is 0 Å². The van der Waals surface area contributed by atoms with Gasteiger partial charge in [0.15, 0.2) is 5.75 Å². The summed E-state index contributed by atoms with van der Waals surface area (Å²) in [5.74, 6) is 0.927. The molecule has 82 valence electrons. The summed E-state index contributed by atoms with van der Waals surface area (Å²) in [6.45, 7) is 0. The highest BCUT2D eigenvalue weighted by Gasteiger charge is 2.25. The second-order valence-corrected chi connectivity index (χ2v) is 4.72. The van der Waals surface area contributed by atoms with Crippen molar-refractivity contribution in [3.8, 4) is 5.75 Å². The van der Waals surface area contributed by atoms with E-state index in [2.05, 4.69) is 16.1 Å². The molecule has 0 saturated heterocycles. The first-order valence-electron chi connectivity index (χ1n) is 5.08. The van der Waals surface area contributed by atoms with Crippen LogP contribution < -0.4 is 9.64 Å². The highest BCUT2D eigenvalue weighted by Crippen LogP contribution is 2.38. The van der Waals surface area contributed by atoms with Crippen molar-refractivity contribution in [2.75, 3.05) is 25.3 Å². The van der Waals surface area contributed by atoms with Crippen LogP contribution in [0.2, 0.25) is 0 Å². The van der Waals surface area contributed by atoms with Gasteiger partial charge in [-0.05, 0) is 19.1 Å². The van der Waals surface area contributed by atoms with Gasteiger partial charge in [-0.25, -0.2) is 0 Å². The van der Waals surface area contributed by atoms with Gasteiger partial charge in [0.25, 0.3) is 0 Å². The third kappa shape index (κ3) is 2.37. The number of aromatic nitrogens is 1. The van der Waals surface area contributed by atoms with Gasteiger partial charge in [0, 0.05) is 14.1 Å². The number of hydrogen-bond acceptors (Lipinski definition) is 4. The molecule has 0 atom stereocenters. The van der Waals surface area contributed by atoms with Gasteiger partial charge < -0.3 is 9.64 Å². The van der Waals surface area contributed by atoms with Gasteiger partial charge in [0.05, 0.1) is 29.1 Å². The molecular weight excluding hydrogens is 208 g/mol. The van der Waals surface area contributed by atoms with Gasteiger partial charge in [-0.3, -0.25) is 4.98 Å².